The smallest absolute Gasteiger partial charge is 0.0521 e. The van der Waals surface area contributed by atoms with Gasteiger partial charge < -0.3 is 5.32 Å². The van der Waals surface area contributed by atoms with Crippen molar-refractivity contribution in [2.45, 2.75) is 57.3 Å². The molecule has 1 N–H and O–H groups in total. The molecule has 2 bridgehead atoms. The lowest BCUT2D eigenvalue weighted by atomic mass is 9.97. The Hall–Kier alpha value is -0.870. The molecule has 2 aliphatic rings. The summed E-state index contributed by atoms with van der Waals surface area (Å²) in [5, 5.41) is 7.91. The Balaban J connectivity index is 1.67. The second kappa shape index (κ2) is 5.02. The minimum atomic E-state index is 0.746. The van der Waals surface area contributed by atoms with Crippen molar-refractivity contribution in [1.29, 1.82) is 0 Å². The van der Waals surface area contributed by atoms with Crippen LogP contribution in [0.4, 0.5) is 0 Å². The lowest BCUT2D eigenvalue weighted by Gasteiger charge is -2.39. The highest BCUT2D eigenvalue weighted by Crippen LogP contribution is 2.36. The first-order chi connectivity index (χ1) is 8.78. The van der Waals surface area contributed by atoms with Gasteiger partial charge in [0.15, 0.2) is 0 Å². The number of rotatable bonds is 4. The largest absolute Gasteiger partial charge is 0.314 e. The van der Waals surface area contributed by atoms with E-state index in [9.17, 15) is 0 Å². The van der Waals surface area contributed by atoms with Crippen LogP contribution in [0.3, 0.4) is 0 Å². The zero-order valence-electron chi connectivity index (χ0n) is 11.5. The summed E-state index contributed by atoms with van der Waals surface area (Å²) in [6.45, 7) is 4.39. The third-order valence-corrected chi connectivity index (χ3v) is 4.64. The molecule has 1 aromatic rings. The van der Waals surface area contributed by atoms with E-state index in [1.807, 2.05) is 17.9 Å². The lowest BCUT2D eigenvalue weighted by Crippen LogP contribution is -2.48. The van der Waals surface area contributed by atoms with Crippen LogP contribution in [0.1, 0.15) is 38.3 Å². The SMILES string of the molecule is CCNC1CC2CCC(C1)N2Cc1ccnn1C. The van der Waals surface area contributed by atoms with Crippen molar-refractivity contribution in [2.75, 3.05) is 6.54 Å². The third kappa shape index (κ3) is 2.19. The first kappa shape index (κ1) is 12.2. The fourth-order valence-electron chi connectivity index (χ4n) is 3.73. The second-order valence-electron chi connectivity index (χ2n) is 5.73. The van der Waals surface area contributed by atoms with Crippen LogP contribution in [0.2, 0.25) is 0 Å². The van der Waals surface area contributed by atoms with E-state index >= 15 is 0 Å². The highest BCUT2D eigenvalue weighted by Gasteiger charge is 2.40. The average Bonchev–Trinajstić information content (AvgIpc) is 2.84. The van der Waals surface area contributed by atoms with E-state index in [0.717, 1.165) is 31.2 Å². The predicted octanol–water partition coefficient (Wildman–Crippen LogP) is 1.52. The Morgan fingerprint density at radius 3 is 2.61 bits per heavy atom. The molecule has 2 unspecified atom stereocenters. The molecule has 2 atom stereocenters. The van der Waals surface area contributed by atoms with Gasteiger partial charge in [-0.05, 0) is 38.3 Å². The highest BCUT2D eigenvalue weighted by atomic mass is 15.3. The molecule has 1 aromatic heterocycles. The highest BCUT2D eigenvalue weighted by molar-refractivity contribution is 5.05. The molecule has 2 fully saturated rings. The average molecular weight is 248 g/mol. The Kier molecular flexibility index (Phi) is 3.39. The van der Waals surface area contributed by atoms with Gasteiger partial charge in [0.2, 0.25) is 0 Å². The Labute approximate surface area is 109 Å². The topological polar surface area (TPSA) is 33.1 Å². The molecule has 0 radical (unpaired) electrons. The zero-order valence-corrected chi connectivity index (χ0v) is 11.5. The first-order valence-corrected chi connectivity index (χ1v) is 7.24. The molecule has 2 saturated heterocycles. The molecule has 4 nitrogen and oxygen atoms in total. The summed E-state index contributed by atoms with van der Waals surface area (Å²) < 4.78 is 2.01. The second-order valence-corrected chi connectivity index (χ2v) is 5.73. The summed E-state index contributed by atoms with van der Waals surface area (Å²) in [5.41, 5.74) is 1.34. The summed E-state index contributed by atoms with van der Waals surface area (Å²) in [4.78, 5) is 2.71. The summed E-state index contributed by atoms with van der Waals surface area (Å²) in [6, 6.07) is 4.45. The molecular weight excluding hydrogens is 224 g/mol. The molecule has 4 heteroatoms. The Bertz CT molecular complexity index is 386. The zero-order chi connectivity index (χ0) is 12.5. The number of hydrogen-bond donors (Lipinski definition) is 1. The molecule has 18 heavy (non-hydrogen) atoms. The van der Waals surface area contributed by atoms with Crippen molar-refractivity contribution >= 4 is 0 Å². The van der Waals surface area contributed by atoms with Crippen LogP contribution >= 0.6 is 0 Å². The minimum Gasteiger partial charge on any atom is -0.314 e. The maximum absolute atomic E-state index is 4.27. The van der Waals surface area contributed by atoms with Gasteiger partial charge in [0, 0.05) is 37.9 Å². The van der Waals surface area contributed by atoms with E-state index in [1.165, 1.54) is 31.4 Å². The fourth-order valence-corrected chi connectivity index (χ4v) is 3.73. The summed E-state index contributed by atoms with van der Waals surface area (Å²) >= 11 is 0. The monoisotopic (exact) mass is 248 g/mol. The summed E-state index contributed by atoms with van der Waals surface area (Å²) in [7, 11) is 2.04. The van der Waals surface area contributed by atoms with Crippen LogP contribution in [0.25, 0.3) is 0 Å². The number of nitrogens with zero attached hydrogens (tertiary/aromatic N) is 3. The van der Waals surface area contributed by atoms with Crippen LogP contribution in [0.5, 0.6) is 0 Å². The number of nitrogens with one attached hydrogen (secondary N) is 1. The van der Waals surface area contributed by atoms with Crippen molar-refractivity contribution in [2.24, 2.45) is 7.05 Å². The Morgan fingerprint density at radius 1 is 1.33 bits per heavy atom. The van der Waals surface area contributed by atoms with E-state index in [0.29, 0.717) is 0 Å². The minimum absolute atomic E-state index is 0.746. The van der Waals surface area contributed by atoms with Crippen molar-refractivity contribution in [1.82, 2.24) is 20.0 Å². The van der Waals surface area contributed by atoms with Crippen LogP contribution in [-0.4, -0.2) is 39.4 Å². The van der Waals surface area contributed by atoms with Gasteiger partial charge in [-0.3, -0.25) is 9.58 Å². The van der Waals surface area contributed by atoms with E-state index in [2.05, 4.69) is 28.3 Å². The molecule has 100 valence electrons. The van der Waals surface area contributed by atoms with E-state index in [1.54, 1.807) is 0 Å². The molecule has 0 saturated carbocycles. The quantitative estimate of drug-likeness (QED) is 0.877. The third-order valence-electron chi connectivity index (χ3n) is 4.64. The van der Waals surface area contributed by atoms with E-state index in [4.69, 9.17) is 0 Å². The predicted molar refractivity (Wildman–Crippen MR) is 72.3 cm³/mol. The van der Waals surface area contributed by atoms with Gasteiger partial charge in [-0.2, -0.15) is 5.10 Å². The number of aryl methyl sites for hydroxylation is 1. The van der Waals surface area contributed by atoms with Crippen molar-refractivity contribution in [3.05, 3.63) is 18.0 Å². The van der Waals surface area contributed by atoms with Crippen molar-refractivity contribution < 1.29 is 0 Å². The Morgan fingerprint density at radius 2 is 2.06 bits per heavy atom. The van der Waals surface area contributed by atoms with Gasteiger partial charge >= 0.3 is 0 Å². The number of piperidine rings is 1. The van der Waals surface area contributed by atoms with Gasteiger partial charge in [0.1, 0.15) is 0 Å². The van der Waals surface area contributed by atoms with Gasteiger partial charge in [0.05, 0.1) is 5.69 Å². The van der Waals surface area contributed by atoms with E-state index in [-0.39, 0.29) is 0 Å². The number of aromatic nitrogens is 2. The molecule has 0 amide bonds. The molecular formula is C14H24N4. The molecule has 2 aliphatic heterocycles. The first-order valence-electron chi connectivity index (χ1n) is 7.24. The normalized spacial score (nSPS) is 32.0. The van der Waals surface area contributed by atoms with Gasteiger partial charge in [0.25, 0.3) is 0 Å². The standard InChI is InChI=1S/C14H24N4/c1-3-15-11-8-12-4-5-13(9-11)18(12)10-14-6-7-16-17(14)2/h6-7,11-13,15H,3-5,8-10H2,1-2H3. The van der Waals surface area contributed by atoms with Crippen molar-refractivity contribution in [3.8, 4) is 0 Å². The maximum Gasteiger partial charge on any atom is 0.0521 e. The van der Waals surface area contributed by atoms with E-state index < -0.39 is 0 Å². The molecule has 0 aliphatic carbocycles. The van der Waals surface area contributed by atoms with Gasteiger partial charge in [-0.25, -0.2) is 0 Å². The molecule has 3 heterocycles. The summed E-state index contributed by atoms with van der Waals surface area (Å²) in [5.74, 6) is 0. The van der Waals surface area contributed by atoms with Crippen molar-refractivity contribution in [3.63, 3.8) is 0 Å². The summed E-state index contributed by atoms with van der Waals surface area (Å²) in [6.07, 6.45) is 7.31. The van der Waals surface area contributed by atoms with Crippen LogP contribution in [0.15, 0.2) is 12.3 Å². The van der Waals surface area contributed by atoms with Crippen LogP contribution in [0, 0.1) is 0 Å². The molecule has 3 rings (SSSR count). The van der Waals surface area contributed by atoms with Gasteiger partial charge in [-0.15, -0.1) is 0 Å². The maximum atomic E-state index is 4.27. The lowest BCUT2D eigenvalue weighted by molar-refractivity contribution is 0.107. The van der Waals surface area contributed by atoms with Crippen LogP contribution < -0.4 is 5.32 Å². The van der Waals surface area contributed by atoms with Gasteiger partial charge in [-0.1, -0.05) is 6.92 Å². The molecule has 0 aromatic carbocycles. The number of fused-ring (bicyclic) bond motifs is 2. The molecule has 0 spiro atoms. The number of hydrogen-bond acceptors (Lipinski definition) is 3. The fraction of sp³-hybridized carbons (Fsp3) is 0.786. The van der Waals surface area contributed by atoms with Crippen LogP contribution in [-0.2, 0) is 13.6 Å².